The van der Waals surface area contributed by atoms with E-state index < -0.39 is 11.2 Å². The molecule has 148 valence electrons. The predicted octanol–water partition coefficient (Wildman–Crippen LogP) is 1.24. The van der Waals surface area contributed by atoms with Crippen molar-refractivity contribution in [3.63, 3.8) is 0 Å². The molecule has 4 N–H and O–H groups in total. The first-order valence-electron chi connectivity index (χ1n) is 9.99. The summed E-state index contributed by atoms with van der Waals surface area (Å²) in [7, 11) is 0. The van der Waals surface area contributed by atoms with Gasteiger partial charge in [0.05, 0.1) is 18.8 Å². The number of likely N-dealkylation sites (N-methyl/N-ethyl adjacent to an activating group) is 1. The highest BCUT2D eigenvalue weighted by Gasteiger charge is 2.39. The van der Waals surface area contributed by atoms with E-state index in [-0.39, 0.29) is 23.5 Å². The van der Waals surface area contributed by atoms with Crippen molar-refractivity contribution in [2.45, 2.75) is 45.7 Å². The minimum absolute atomic E-state index is 0.209. The van der Waals surface area contributed by atoms with Crippen LogP contribution in [0, 0.1) is 0 Å². The molecule has 0 fully saturated rings. The van der Waals surface area contributed by atoms with Crippen LogP contribution in [0.1, 0.15) is 56.1 Å². The average molecular weight is 383 g/mol. The normalized spacial score (nSPS) is 20.2. The Balaban J connectivity index is 2.01. The Labute approximate surface area is 162 Å². The summed E-state index contributed by atoms with van der Waals surface area (Å²) in [6, 6.07) is 7.55. The van der Waals surface area contributed by atoms with Crippen molar-refractivity contribution in [3.8, 4) is 5.88 Å². The lowest BCUT2D eigenvalue weighted by atomic mass is 9.93. The second-order valence-corrected chi connectivity index (χ2v) is 7.63. The fourth-order valence-corrected chi connectivity index (χ4v) is 4.50. The summed E-state index contributed by atoms with van der Waals surface area (Å²) in [4.78, 5) is 32.3. The van der Waals surface area contributed by atoms with E-state index in [9.17, 15) is 14.7 Å². The van der Waals surface area contributed by atoms with Crippen molar-refractivity contribution in [1.29, 1.82) is 0 Å². The zero-order valence-corrected chi connectivity index (χ0v) is 16.5. The van der Waals surface area contributed by atoms with Crippen LogP contribution >= 0.6 is 0 Å². The number of para-hydroxylation sites is 1. The van der Waals surface area contributed by atoms with Crippen molar-refractivity contribution < 1.29 is 10.0 Å². The minimum atomic E-state index is -0.564. The molecule has 0 saturated carbocycles. The first-order chi connectivity index (χ1) is 13.5. The van der Waals surface area contributed by atoms with Crippen LogP contribution in [-0.2, 0) is 6.42 Å². The molecule has 0 saturated heterocycles. The maximum absolute atomic E-state index is 12.9. The third-order valence-corrected chi connectivity index (χ3v) is 6.17. The molecular formula is C21H27N4O3+. The molecule has 1 aromatic carbocycles. The number of nitrogens with one attached hydrogen (secondary N) is 3. The topological polar surface area (TPSA) is 95.3 Å². The molecule has 3 aromatic rings. The molecule has 1 aliphatic rings. The number of aromatic hydroxyl groups is 1. The second-order valence-electron chi connectivity index (χ2n) is 7.63. The summed E-state index contributed by atoms with van der Waals surface area (Å²) in [6.45, 7) is 7.55. The minimum Gasteiger partial charge on any atom is -0.494 e. The highest BCUT2D eigenvalue weighted by Crippen LogP contribution is 2.33. The molecule has 2 aromatic heterocycles. The van der Waals surface area contributed by atoms with Gasteiger partial charge in [0.1, 0.15) is 5.56 Å². The quantitative estimate of drug-likeness (QED) is 0.546. The monoisotopic (exact) mass is 383 g/mol. The Morgan fingerprint density at radius 1 is 1.25 bits per heavy atom. The molecule has 3 heterocycles. The van der Waals surface area contributed by atoms with Gasteiger partial charge in [0.15, 0.2) is 6.04 Å². The van der Waals surface area contributed by atoms with Crippen molar-refractivity contribution in [1.82, 2.24) is 14.5 Å². The number of aromatic nitrogens is 3. The van der Waals surface area contributed by atoms with Gasteiger partial charge in [-0.1, -0.05) is 25.1 Å². The Bertz CT molecular complexity index is 1140. The number of benzene rings is 1. The third kappa shape index (κ3) is 2.69. The molecule has 7 nitrogen and oxygen atoms in total. The maximum Gasteiger partial charge on any atom is 0.331 e. The average Bonchev–Trinajstić information content (AvgIpc) is 3.06. The van der Waals surface area contributed by atoms with Crippen LogP contribution in [0.5, 0.6) is 5.88 Å². The molecule has 28 heavy (non-hydrogen) atoms. The first-order valence-corrected chi connectivity index (χ1v) is 9.99. The molecule has 0 bridgehead atoms. The maximum atomic E-state index is 12.9. The van der Waals surface area contributed by atoms with Gasteiger partial charge >= 0.3 is 5.69 Å². The van der Waals surface area contributed by atoms with Gasteiger partial charge in [-0.3, -0.25) is 14.3 Å². The second kappa shape index (κ2) is 6.98. The van der Waals surface area contributed by atoms with Crippen molar-refractivity contribution >= 4 is 10.9 Å². The van der Waals surface area contributed by atoms with E-state index in [4.69, 9.17) is 0 Å². The van der Waals surface area contributed by atoms with Gasteiger partial charge in [0, 0.05) is 23.4 Å². The van der Waals surface area contributed by atoms with Crippen LogP contribution in [0.2, 0.25) is 0 Å². The first kappa shape index (κ1) is 18.6. The van der Waals surface area contributed by atoms with E-state index in [1.54, 1.807) is 0 Å². The van der Waals surface area contributed by atoms with Crippen molar-refractivity contribution in [3.05, 3.63) is 61.9 Å². The number of nitrogens with zero attached hydrogens (tertiary/aromatic N) is 1. The molecular weight excluding hydrogens is 356 g/mol. The summed E-state index contributed by atoms with van der Waals surface area (Å²) >= 11 is 0. The van der Waals surface area contributed by atoms with Gasteiger partial charge in [-0.05, 0) is 31.9 Å². The zero-order chi connectivity index (χ0) is 20.0. The summed E-state index contributed by atoms with van der Waals surface area (Å²) in [5.41, 5.74) is 2.37. The standard InChI is InChI=1S/C21H26N4O3/c1-4-12(3)25-20(27)16(19(26)23-21(25)28)18-17-14(10-11-24(18)5-2)13-8-6-7-9-15(13)22-17/h6-9,12,18,22,27H,4-5,10-11H2,1-3H3,(H,23,26,28)/p+1/t12-,18+/m1/s1. The number of quaternary nitrogens is 1. The van der Waals surface area contributed by atoms with E-state index in [0.717, 1.165) is 36.1 Å². The summed E-state index contributed by atoms with van der Waals surface area (Å²) in [6.07, 6.45) is 1.58. The lowest BCUT2D eigenvalue weighted by molar-refractivity contribution is -0.926. The number of hydrogen-bond acceptors (Lipinski definition) is 3. The molecule has 0 spiro atoms. The van der Waals surface area contributed by atoms with Crippen LogP contribution in [0.15, 0.2) is 33.9 Å². The number of fused-ring (bicyclic) bond motifs is 3. The van der Waals surface area contributed by atoms with Gasteiger partial charge < -0.3 is 15.0 Å². The molecule has 0 radical (unpaired) electrons. The van der Waals surface area contributed by atoms with Gasteiger partial charge in [-0.15, -0.1) is 0 Å². The Morgan fingerprint density at radius 3 is 2.71 bits per heavy atom. The van der Waals surface area contributed by atoms with Crippen LogP contribution in [0.4, 0.5) is 0 Å². The number of H-pyrrole nitrogens is 2. The van der Waals surface area contributed by atoms with E-state index in [1.807, 2.05) is 32.0 Å². The molecule has 1 unspecified atom stereocenters. The Kier molecular flexibility index (Phi) is 4.63. The van der Waals surface area contributed by atoms with E-state index >= 15 is 0 Å². The van der Waals surface area contributed by atoms with Crippen LogP contribution < -0.4 is 16.1 Å². The van der Waals surface area contributed by atoms with E-state index in [1.165, 1.54) is 15.0 Å². The lowest BCUT2D eigenvalue weighted by Gasteiger charge is -2.32. The van der Waals surface area contributed by atoms with Crippen molar-refractivity contribution in [2.75, 3.05) is 13.1 Å². The Morgan fingerprint density at radius 2 is 2.00 bits per heavy atom. The molecule has 0 aliphatic carbocycles. The summed E-state index contributed by atoms with van der Waals surface area (Å²) in [5, 5.41) is 12.2. The van der Waals surface area contributed by atoms with Crippen molar-refractivity contribution in [2.24, 2.45) is 0 Å². The van der Waals surface area contributed by atoms with Gasteiger partial charge in [0.2, 0.25) is 5.88 Å². The third-order valence-electron chi connectivity index (χ3n) is 6.17. The van der Waals surface area contributed by atoms with Crippen LogP contribution in [0.25, 0.3) is 10.9 Å². The highest BCUT2D eigenvalue weighted by molar-refractivity contribution is 5.85. The zero-order valence-electron chi connectivity index (χ0n) is 16.5. The SMILES string of the molecule is CC[C@@H](C)n1c(O)c([C@H]2c3[nH]c4ccccc4c3CC[NH+]2CC)c(=O)[nH]c1=O. The van der Waals surface area contributed by atoms with Gasteiger partial charge in [0.25, 0.3) is 5.56 Å². The van der Waals surface area contributed by atoms with Gasteiger partial charge in [-0.2, -0.15) is 0 Å². The molecule has 3 atom stereocenters. The van der Waals surface area contributed by atoms with E-state index in [2.05, 4.69) is 23.0 Å². The molecule has 1 aliphatic heterocycles. The molecule has 0 amide bonds. The number of aromatic amines is 2. The summed E-state index contributed by atoms with van der Waals surface area (Å²) < 4.78 is 1.31. The van der Waals surface area contributed by atoms with E-state index in [0.29, 0.717) is 6.42 Å². The van der Waals surface area contributed by atoms with Crippen LogP contribution in [0.3, 0.4) is 0 Å². The molecule has 7 heteroatoms. The smallest absolute Gasteiger partial charge is 0.331 e. The highest BCUT2D eigenvalue weighted by atomic mass is 16.3. The largest absolute Gasteiger partial charge is 0.494 e. The van der Waals surface area contributed by atoms with Crippen LogP contribution in [-0.4, -0.2) is 32.7 Å². The number of hydrogen-bond donors (Lipinski definition) is 4. The van der Waals surface area contributed by atoms with Gasteiger partial charge in [-0.25, -0.2) is 4.79 Å². The lowest BCUT2D eigenvalue weighted by Crippen LogP contribution is -3.13. The predicted molar refractivity (Wildman–Crippen MR) is 108 cm³/mol. The Hall–Kier alpha value is -2.80. The molecule has 4 rings (SSSR count). The summed E-state index contributed by atoms with van der Waals surface area (Å²) in [5.74, 6) is -0.217. The fraction of sp³-hybridized carbons (Fsp3) is 0.429. The number of rotatable bonds is 4. The fourth-order valence-electron chi connectivity index (χ4n) is 4.50.